The first-order valence-electron chi connectivity index (χ1n) is 2.60. The molecular weight excluding hydrogens is 198 g/mol. The van der Waals surface area contributed by atoms with E-state index < -0.39 is 0 Å². The van der Waals surface area contributed by atoms with Crippen molar-refractivity contribution in [1.82, 2.24) is 10.2 Å². The molecule has 0 saturated carbocycles. The van der Waals surface area contributed by atoms with Crippen LogP contribution in [-0.4, -0.2) is 23.5 Å². The minimum Gasteiger partial charge on any atom is -0.399 e. The summed E-state index contributed by atoms with van der Waals surface area (Å²) < 4.78 is 0.869. The van der Waals surface area contributed by atoms with Gasteiger partial charge in [-0.1, -0.05) is 5.16 Å². The number of hydrogen-bond acceptors (Lipinski definition) is 3. The molecule has 0 atom stereocenters. The summed E-state index contributed by atoms with van der Waals surface area (Å²) in [5.41, 5.74) is 0.793. The zero-order valence-corrected chi connectivity index (χ0v) is 6.92. The summed E-state index contributed by atoms with van der Waals surface area (Å²) >= 11 is 3.26. The number of nitrogens with one attached hydrogen (secondary N) is 1. The van der Waals surface area contributed by atoms with Crippen molar-refractivity contribution in [2.45, 2.75) is 0 Å². The standard InChI is InChI=1S/C5H6BrN3O/c1-10-8-3-5-4(6)2-7-9-5/h2-3H,1H3,(H,7,9)/b8-3+. The minimum absolute atomic E-state index is 0.793. The fourth-order valence-electron chi connectivity index (χ4n) is 0.477. The molecule has 0 amide bonds. The van der Waals surface area contributed by atoms with Crippen molar-refractivity contribution in [2.24, 2.45) is 5.16 Å². The van der Waals surface area contributed by atoms with Gasteiger partial charge in [-0.25, -0.2) is 0 Å². The van der Waals surface area contributed by atoms with Gasteiger partial charge in [0.1, 0.15) is 7.11 Å². The summed E-state index contributed by atoms with van der Waals surface area (Å²) in [5, 5.41) is 10.0. The molecule has 4 nitrogen and oxygen atoms in total. The van der Waals surface area contributed by atoms with Gasteiger partial charge in [0.2, 0.25) is 0 Å². The Hall–Kier alpha value is -0.840. The van der Waals surface area contributed by atoms with Crippen LogP contribution in [0.4, 0.5) is 0 Å². The molecule has 1 rings (SSSR count). The van der Waals surface area contributed by atoms with Crippen molar-refractivity contribution in [3.8, 4) is 0 Å². The molecule has 1 heterocycles. The van der Waals surface area contributed by atoms with Gasteiger partial charge in [0.25, 0.3) is 0 Å². The van der Waals surface area contributed by atoms with Crippen molar-refractivity contribution < 1.29 is 4.84 Å². The molecule has 54 valence electrons. The second kappa shape index (κ2) is 3.36. The highest BCUT2D eigenvalue weighted by atomic mass is 79.9. The lowest BCUT2D eigenvalue weighted by Crippen LogP contribution is -1.82. The van der Waals surface area contributed by atoms with E-state index in [0.29, 0.717) is 0 Å². The zero-order chi connectivity index (χ0) is 7.40. The summed E-state index contributed by atoms with van der Waals surface area (Å²) in [5.74, 6) is 0. The van der Waals surface area contributed by atoms with Crippen molar-refractivity contribution in [3.05, 3.63) is 16.4 Å². The second-order valence-electron chi connectivity index (χ2n) is 1.55. The molecule has 0 bridgehead atoms. The molecule has 0 aliphatic rings. The monoisotopic (exact) mass is 203 g/mol. The lowest BCUT2D eigenvalue weighted by Gasteiger charge is -1.85. The first kappa shape index (κ1) is 7.27. The Morgan fingerprint density at radius 1 is 1.90 bits per heavy atom. The largest absolute Gasteiger partial charge is 0.399 e. The Labute approximate surface area is 66.4 Å². The van der Waals surface area contributed by atoms with E-state index in [1.807, 2.05) is 0 Å². The van der Waals surface area contributed by atoms with Crippen LogP contribution in [0.15, 0.2) is 15.8 Å². The van der Waals surface area contributed by atoms with Crippen molar-refractivity contribution in [3.63, 3.8) is 0 Å². The minimum atomic E-state index is 0.793. The quantitative estimate of drug-likeness (QED) is 0.580. The van der Waals surface area contributed by atoms with E-state index in [4.69, 9.17) is 0 Å². The van der Waals surface area contributed by atoms with Crippen LogP contribution in [0.5, 0.6) is 0 Å². The van der Waals surface area contributed by atoms with Crippen LogP contribution in [-0.2, 0) is 4.84 Å². The van der Waals surface area contributed by atoms with E-state index in [0.717, 1.165) is 10.2 Å². The van der Waals surface area contributed by atoms with Gasteiger partial charge in [-0.15, -0.1) is 0 Å². The van der Waals surface area contributed by atoms with Crippen LogP contribution in [0.25, 0.3) is 0 Å². The molecule has 10 heavy (non-hydrogen) atoms. The Kier molecular flexibility index (Phi) is 2.44. The highest BCUT2D eigenvalue weighted by Gasteiger charge is 1.95. The number of H-pyrrole nitrogens is 1. The predicted octanol–water partition coefficient (Wildman–Crippen LogP) is 1.15. The predicted molar refractivity (Wildman–Crippen MR) is 40.9 cm³/mol. The number of hydrogen-bond donors (Lipinski definition) is 1. The molecule has 0 aliphatic carbocycles. The van der Waals surface area contributed by atoms with Gasteiger partial charge in [-0.3, -0.25) is 5.10 Å². The van der Waals surface area contributed by atoms with Crippen LogP contribution in [0.3, 0.4) is 0 Å². The normalized spacial score (nSPS) is 10.6. The van der Waals surface area contributed by atoms with Crippen molar-refractivity contribution in [2.75, 3.05) is 7.11 Å². The van der Waals surface area contributed by atoms with Crippen molar-refractivity contribution in [1.29, 1.82) is 0 Å². The molecule has 0 aliphatic heterocycles. The maximum absolute atomic E-state index is 4.47. The van der Waals surface area contributed by atoms with Gasteiger partial charge in [0.15, 0.2) is 0 Å². The molecule has 1 aromatic heterocycles. The molecule has 0 radical (unpaired) electrons. The molecule has 5 heteroatoms. The Morgan fingerprint density at radius 2 is 2.70 bits per heavy atom. The van der Waals surface area contributed by atoms with Gasteiger partial charge in [-0.05, 0) is 15.9 Å². The number of rotatable bonds is 2. The number of aromatic nitrogens is 2. The molecule has 0 unspecified atom stereocenters. The number of aromatic amines is 1. The number of halogens is 1. The fourth-order valence-corrected chi connectivity index (χ4v) is 0.771. The van der Waals surface area contributed by atoms with Gasteiger partial charge in [-0.2, -0.15) is 5.10 Å². The maximum atomic E-state index is 4.47. The van der Waals surface area contributed by atoms with E-state index in [-0.39, 0.29) is 0 Å². The van der Waals surface area contributed by atoms with Gasteiger partial charge < -0.3 is 4.84 Å². The molecule has 0 spiro atoms. The Morgan fingerprint density at radius 3 is 3.20 bits per heavy atom. The topological polar surface area (TPSA) is 50.3 Å². The number of oxime groups is 1. The van der Waals surface area contributed by atoms with E-state index in [2.05, 4.69) is 36.1 Å². The summed E-state index contributed by atoms with van der Waals surface area (Å²) in [7, 11) is 1.49. The molecule has 1 aromatic rings. The summed E-state index contributed by atoms with van der Waals surface area (Å²) in [4.78, 5) is 4.47. The number of nitrogens with zero attached hydrogens (tertiary/aromatic N) is 2. The highest BCUT2D eigenvalue weighted by Crippen LogP contribution is 2.09. The van der Waals surface area contributed by atoms with Crippen LogP contribution in [0.2, 0.25) is 0 Å². The average molecular weight is 204 g/mol. The van der Waals surface area contributed by atoms with Crippen LogP contribution in [0, 0.1) is 0 Å². The van der Waals surface area contributed by atoms with Crippen LogP contribution >= 0.6 is 15.9 Å². The highest BCUT2D eigenvalue weighted by molar-refractivity contribution is 9.10. The molecular formula is C5H6BrN3O. The van der Waals surface area contributed by atoms with Crippen molar-refractivity contribution >= 4 is 22.1 Å². The molecule has 0 saturated heterocycles. The third-order valence-electron chi connectivity index (χ3n) is 0.907. The van der Waals surface area contributed by atoms with Gasteiger partial charge in [0, 0.05) is 0 Å². The molecule has 0 aromatic carbocycles. The van der Waals surface area contributed by atoms with E-state index in [1.54, 1.807) is 6.20 Å². The maximum Gasteiger partial charge on any atom is 0.106 e. The first-order valence-corrected chi connectivity index (χ1v) is 3.39. The zero-order valence-electron chi connectivity index (χ0n) is 5.34. The average Bonchev–Trinajstić information content (AvgIpc) is 2.31. The molecule has 1 N–H and O–H groups in total. The Bertz CT molecular complexity index is 233. The lowest BCUT2D eigenvalue weighted by molar-refractivity contribution is 0.215. The smallest absolute Gasteiger partial charge is 0.106 e. The first-order chi connectivity index (χ1) is 4.84. The lowest BCUT2D eigenvalue weighted by atomic mass is 10.5. The van der Waals surface area contributed by atoms with Gasteiger partial charge >= 0.3 is 0 Å². The second-order valence-corrected chi connectivity index (χ2v) is 2.40. The molecule has 0 fully saturated rings. The van der Waals surface area contributed by atoms with E-state index in [9.17, 15) is 0 Å². The SMILES string of the molecule is CO/N=C/c1[nH]ncc1Br. The van der Waals surface area contributed by atoms with E-state index in [1.165, 1.54) is 13.3 Å². The van der Waals surface area contributed by atoms with Crippen LogP contribution in [0.1, 0.15) is 5.69 Å². The summed E-state index contributed by atoms with van der Waals surface area (Å²) in [6.45, 7) is 0. The van der Waals surface area contributed by atoms with Crippen LogP contribution < -0.4 is 0 Å². The third-order valence-corrected chi connectivity index (χ3v) is 1.54. The fraction of sp³-hybridized carbons (Fsp3) is 0.200. The van der Waals surface area contributed by atoms with E-state index >= 15 is 0 Å². The summed E-state index contributed by atoms with van der Waals surface area (Å²) in [6, 6.07) is 0. The Balaban J connectivity index is 2.74. The third kappa shape index (κ3) is 1.57. The summed E-state index contributed by atoms with van der Waals surface area (Å²) in [6.07, 6.45) is 3.19. The van der Waals surface area contributed by atoms with Gasteiger partial charge in [0.05, 0.1) is 22.6 Å².